The lowest BCUT2D eigenvalue weighted by Crippen LogP contribution is -2.48. The van der Waals surface area contributed by atoms with Crippen molar-refractivity contribution in [3.8, 4) is 5.75 Å². The largest absolute Gasteiger partial charge is 0.573 e. The first kappa shape index (κ1) is 24.4. The van der Waals surface area contributed by atoms with Crippen LogP contribution in [0.1, 0.15) is 38.7 Å². The van der Waals surface area contributed by atoms with E-state index in [0.29, 0.717) is 18.7 Å². The summed E-state index contributed by atoms with van der Waals surface area (Å²) >= 11 is 0. The molecule has 1 aliphatic rings. The Hall–Kier alpha value is -3.23. The molecule has 1 heterocycles. The quantitative estimate of drug-likeness (QED) is 0.643. The molecule has 2 amide bonds. The first-order valence-electron chi connectivity index (χ1n) is 10.6. The summed E-state index contributed by atoms with van der Waals surface area (Å²) in [5, 5.41) is 2.73. The summed E-state index contributed by atoms with van der Waals surface area (Å²) < 4.78 is 46.4. The number of likely N-dealkylation sites (tertiary alicyclic amines) is 1. The molecule has 6 nitrogen and oxygen atoms in total. The van der Waals surface area contributed by atoms with Crippen molar-refractivity contribution < 1.29 is 32.2 Å². The summed E-state index contributed by atoms with van der Waals surface area (Å²) in [5.74, 6) is -1.29. The molecule has 2 unspecified atom stereocenters. The maximum absolute atomic E-state index is 13.0. The van der Waals surface area contributed by atoms with E-state index in [1.54, 1.807) is 20.8 Å². The van der Waals surface area contributed by atoms with E-state index in [0.717, 1.165) is 17.7 Å². The number of ether oxygens (including phenoxy) is 2. The predicted molar refractivity (Wildman–Crippen MR) is 117 cm³/mol. The lowest BCUT2D eigenvalue weighted by atomic mass is 9.84. The Labute approximate surface area is 190 Å². The zero-order chi connectivity index (χ0) is 24.2. The number of rotatable bonds is 4. The second-order valence-electron chi connectivity index (χ2n) is 8.99. The monoisotopic (exact) mass is 464 g/mol. The molecule has 1 aliphatic heterocycles. The van der Waals surface area contributed by atoms with Gasteiger partial charge in [0.25, 0.3) is 0 Å². The van der Waals surface area contributed by atoms with Crippen LogP contribution in [0, 0.1) is 5.92 Å². The Balaban J connectivity index is 1.73. The van der Waals surface area contributed by atoms with Gasteiger partial charge in [-0.1, -0.05) is 30.3 Å². The van der Waals surface area contributed by atoms with E-state index in [9.17, 15) is 22.8 Å². The molecule has 1 fully saturated rings. The van der Waals surface area contributed by atoms with Gasteiger partial charge < -0.3 is 19.7 Å². The zero-order valence-corrected chi connectivity index (χ0v) is 18.7. The lowest BCUT2D eigenvalue weighted by molar-refractivity contribution is -0.274. The fourth-order valence-corrected chi connectivity index (χ4v) is 3.72. The van der Waals surface area contributed by atoms with Crippen LogP contribution >= 0.6 is 0 Å². The Morgan fingerprint density at radius 3 is 2.18 bits per heavy atom. The SMILES string of the molecule is CC(C)(C)OC(=O)N1CC(C(=O)Nc2ccc(OC(F)(F)F)cc2)CC(c2ccccc2)C1. The number of nitrogens with zero attached hydrogens (tertiary/aromatic N) is 1. The maximum Gasteiger partial charge on any atom is 0.573 e. The van der Waals surface area contributed by atoms with Gasteiger partial charge in [0, 0.05) is 24.7 Å². The summed E-state index contributed by atoms with van der Waals surface area (Å²) in [6.45, 7) is 5.94. The number of carbonyl (C=O) groups excluding carboxylic acids is 2. The van der Waals surface area contributed by atoms with E-state index < -0.39 is 24.0 Å². The lowest BCUT2D eigenvalue weighted by Gasteiger charge is -2.38. The van der Waals surface area contributed by atoms with Gasteiger partial charge in [0.1, 0.15) is 11.4 Å². The van der Waals surface area contributed by atoms with Crippen LogP contribution in [-0.4, -0.2) is 42.0 Å². The average Bonchev–Trinajstić information content (AvgIpc) is 2.73. The van der Waals surface area contributed by atoms with Crippen LogP contribution in [0.25, 0.3) is 0 Å². The van der Waals surface area contributed by atoms with Crippen LogP contribution < -0.4 is 10.1 Å². The topological polar surface area (TPSA) is 67.9 Å². The molecule has 1 N–H and O–H groups in total. The van der Waals surface area contributed by atoms with E-state index >= 15 is 0 Å². The Bertz CT molecular complexity index is 956. The van der Waals surface area contributed by atoms with Crippen LogP contribution in [0.15, 0.2) is 54.6 Å². The van der Waals surface area contributed by atoms with E-state index in [1.165, 1.54) is 17.0 Å². The van der Waals surface area contributed by atoms with E-state index in [-0.39, 0.29) is 24.1 Å². The van der Waals surface area contributed by atoms with Crippen molar-refractivity contribution in [1.29, 1.82) is 0 Å². The molecule has 0 aromatic heterocycles. The summed E-state index contributed by atoms with van der Waals surface area (Å²) in [5.41, 5.74) is 0.673. The third kappa shape index (κ3) is 7.40. The van der Waals surface area contributed by atoms with E-state index in [4.69, 9.17) is 4.74 Å². The molecule has 0 bridgehead atoms. The second kappa shape index (κ2) is 9.72. The van der Waals surface area contributed by atoms with Crippen molar-refractivity contribution in [3.63, 3.8) is 0 Å². The number of nitrogens with one attached hydrogen (secondary N) is 1. The van der Waals surface area contributed by atoms with Crippen molar-refractivity contribution >= 4 is 17.7 Å². The third-order valence-electron chi connectivity index (χ3n) is 5.10. The molecule has 1 saturated heterocycles. The number of carbonyl (C=O) groups is 2. The fourth-order valence-electron chi connectivity index (χ4n) is 3.72. The molecule has 2 aromatic rings. The molecule has 33 heavy (non-hydrogen) atoms. The zero-order valence-electron chi connectivity index (χ0n) is 18.7. The van der Waals surface area contributed by atoms with Gasteiger partial charge in [-0.15, -0.1) is 13.2 Å². The molecule has 0 saturated carbocycles. The van der Waals surface area contributed by atoms with E-state index in [1.807, 2.05) is 30.3 Å². The molecule has 0 spiro atoms. The van der Waals surface area contributed by atoms with Gasteiger partial charge in [0.2, 0.25) is 5.91 Å². The van der Waals surface area contributed by atoms with Gasteiger partial charge >= 0.3 is 12.5 Å². The van der Waals surface area contributed by atoms with Crippen molar-refractivity contribution in [2.45, 2.75) is 45.1 Å². The average molecular weight is 464 g/mol. The number of benzene rings is 2. The van der Waals surface area contributed by atoms with Crippen LogP contribution in [0.2, 0.25) is 0 Å². The van der Waals surface area contributed by atoms with Gasteiger partial charge in [-0.05, 0) is 57.0 Å². The van der Waals surface area contributed by atoms with Gasteiger partial charge in [-0.25, -0.2) is 4.79 Å². The number of amides is 2. The van der Waals surface area contributed by atoms with Crippen molar-refractivity contribution in [2.75, 3.05) is 18.4 Å². The molecule has 0 aliphatic carbocycles. The molecule has 3 rings (SSSR count). The Kier molecular flexibility index (Phi) is 7.19. The highest BCUT2D eigenvalue weighted by atomic mass is 19.4. The molecule has 2 atom stereocenters. The number of hydrogen-bond donors (Lipinski definition) is 1. The molecule has 2 aromatic carbocycles. The Morgan fingerprint density at radius 1 is 0.970 bits per heavy atom. The van der Waals surface area contributed by atoms with Crippen LogP contribution in [0.3, 0.4) is 0 Å². The van der Waals surface area contributed by atoms with Gasteiger partial charge in [-0.2, -0.15) is 0 Å². The number of halogens is 3. The van der Waals surface area contributed by atoms with Crippen molar-refractivity contribution in [3.05, 3.63) is 60.2 Å². The third-order valence-corrected chi connectivity index (χ3v) is 5.10. The summed E-state index contributed by atoms with van der Waals surface area (Å²) in [7, 11) is 0. The molecule has 9 heteroatoms. The van der Waals surface area contributed by atoms with E-state index in [2.05, 4.69) is 10.1 Å². The van der Waals surface area contributed by atoms with Crippen molar-refractivity contribution in [1.82, 2.24) is 4.90 Å². The summed E-state index contributed by atoms with van der Waals surface area (Å²) in [6.07, 6.45) is -4.76. The maximum atomic E-state index is 13.0. The number of alkyl halides is 3. The molecule has 0 radical (unpaired) electrons. The first-order chi connectivity index (χ1) is 15.4. The van der Waals surface area contributed by atoms with Crippen LogP contribution in [-0.2, 0) is 9.53 Å². The summed E-state index contributed by atoms with van der Waals surface area (Å²) in [4.78, 5) is 27.3. The molecule has 178 valence electrons. The highest BCUT2D eigenvalue weighted by Gasteiger charge is 2.36. The fraction of sp³-hybridized carbons (Fsp3) is 0.417. The number of anilines is 1. The van der Waals surface area contributed by atoms with Crippen molar-refractivity contribution in [2.24, 2.45) is 5.92 Å². The first-order valence-corrected chi connectivity index (χ1v) is 10.6. The minimum atomic E-state index is -4.79. The van der Waals surface area contributed by atoms with Gasteiger partial charge in [0.05, 0.1) is 5.92 Å². The number of hydrogen-bond acceptors (Lipinski definition) is 4. The molecular weight excluding hydrogens is 437 g/mol. The van der Waals surface area contributed by atoms with Gasteiger partial charge in [-0.3, -0.25) is 4.79 Å². The smallest absolute Gasteiger partial charge is 0.444 e. The normalized spacial score (nSPS) is 19.0. The second-order valence-corrected chi connectivity index (χ2v) is 8.99. The minimum absolute atomic E-state index is 0.0641. The highest BCUT2D eigenvalue weighted by molar-refractivity contribution is 5.93. The molecular formula is C24H27F3N2O4. The minimum Gasteiger partial charge on any atom is -0.444 e. The van der Waals surface area contributed by atoms with Crippen LogP contribution in [0.5, 0.6) is 5.75 Å². The standard InChI is InChI=1S/C24H27F3N2O4/c1-23(2,3)33-22(31)29-14-17(16-7-5-4-6-8-16)13-18(15-29)21(30)28-19-9-11-20(12-10-19)32-24(25,26)27/h4-12,17-18H,13-15H2,1-3H3,(H,28,30). The number of piperidine rings is 1. The Morgan fingerprint density at radius 2 is 1.61 bits per heavy atom. The highest BCUT2D eigenvalue weighted by Crippen LogP contribution is 2.32. The van der Waals surface area contributed by atoms with Crippen LogP contribution in [0.4, 0.5) is 23.7 Å². The summed E-state index contributed by atoms with van der Waals surface area (Å²) in [6, 6.07) is 14.5. The predicted octanol–water partition coefficient (Wildman–Crippen LogP) is 5.56. The van der Waals surface area contributed by atoms with Gasteiger partial charge in [0.15, 0.2) is 0 Å².